The second-order valence-corrected chi connectivity index (χ2v) is 4.59. The fourth-order valence-corrected chi connectivity index (χ4v) is 2.14. The summed E-state index contributed by atoms with van der Waals surface area (Å²) >= 11 is 3.46. The van der Waals surface area contributed by atoms with Crippen molar-refractivity contribution in [1.82, 2.24) is 14.5 Å². The van der Waals surface area contributed by atoms with Gasteiger partial charge in [-0.3, -0.25) is 0 Å². The molecule has 17 heavy (non-hydrogen) atoms. The molecule has 0 aliphatic carbocycles. The predicted octanol–water partition coefficient (Wildman–Crippen LogP) is 2.48. The van der Waals surface area contributed by atoms with E-state index >= 15 is 0 Å². The van der Waals surface area contributed by atoms with Crippen LogP contribution >= 0.6 is 15.9 Å². The first-order valence-corrected chi connectivity index (χ1v) is 6.34. The molecule has 1 N–H and O–H groups in total. The smallest absolute Gasteiger partial charge is 0.116 e. The molecular weight excluding hydrogens is 282 g/mol. The summed E-state index contributed by atoms with van der Waals surface area (Å²) in [6.45, 7) is 1.13. The molecule has 0 aromatic carbocycles. The van der Waals surface area contributed by atoms with Crippen LogP contribution in [0.2, 0.25) is 0 Å². The van der Waals surface area contributed by atoms with E-state index in [1.807, 2.05) is 18.3 Å². The fourth-order valence-electron chi connectivity index (χ4n) is 1.72. The first kappa shape index (κ1) is 12.3. The number of halogens is 1. The van der Waals surface area contributed by atoms with Crippen molar-refractivity contribution in [3.05, 3.63) is 35.3 Å². The first-order valence-electron chi connectivity index (χ1n) is 5.55. The van der Waals surface area contributed by atoms with E-state index in [0.717, 1.165) is 35.2 Å². The first-order chi connectivity index (χ1) is 8.33. The molecule has 0 aliphatic heterocycles. The monoisotopic (exact) mass is 295 g/mol. The predicted molar refractivity (Wildman–Crippen MR) is 69.5 cm³/mol. The van der Waals surface area contributed by atoms with Crippen molar-refractivity contribution in [2.45, 2.75) is 19.4 Å². The largest absolute Gasteiger partial charge is 0.396 e. The SMILES string of the molecule is OCCCCn1cccc1-c1ncncc1Br. The van der Waals surface area contributed by atoms with Gasteiger partial charge in [-0.1, -0.05) is 0 Å². The summed E-state index contributed by atoms with van der Waals surface area (Å²) in [6, 6.07) is 4.04. The van der Waals surface area contributed by atoms with Gasteiger partial charge in [-0.25, -0.2) is 9.97 Å². The number of aliphatic hydroxyl groups excluding tert-OH is 1. The van der Waals surface area contributed by atoms with Gasteiger partial charge in [0.1, 0.15) is 12.0 Å². The summed E-state index contributed by atoms with van der Waals surface area (Å²) in [5.74, 6) is 0. The molecule has 0 radical (unpaired) electrons. The summed E-state index contributed by atoms with van der Waals surface area (Å²) in [7, 11) is 0. The maximum Gasteiger partial charge on any atom is 0.116 e. The number of aryl methyl sites for hydroxylation is 1. The van der Waals surface area contributed by atoms with Crippen molar-refractivity contribution in [2.24, 2.45) is 0 Å². The molecule has 2 aromatic rings. The van der Waals surface area contributed by atoms with Crippen LogP contribution in [0.25, 0.3) is 11.4 Å². The van der Waals surface area contributed by atoms with Crippen LogP contribution in [-0.2, 0) is 6.54 Å². The standard InChI is InChI=1S/C12H14BrN3O/c13-10-8-14-9-15-12(10)11-4-3-6-16(11)5-1-2-7-17/h3-4,6,8-9,17H,1-2,5,7H2. The van der Waals surface area contributed by atoms with Gasteiger partial charge in [0.05, 0.1) is 10.2 Å². The van der Waals surface area contributed by atoms with E-state index in [9.17, 15) is 0 Å². The molecule has 0 bridgehead atoms. The van der Waals surface area contributed by atoms with Crippen LogP contribution in [0.4, 0.5) is 0 Å². The number of unbranched alkanes of at least 4 members (excludes halogenated alkanes) is 1. The van der Waals surface area contributed by atoms with Gasteiger partial charge in [-0.05, 0) is 40.9 Å². The normalized spacial score (nSPS) is 10.7. The lowest BCUT2D eigenvalue weighted by atomic mass is 10.3. The Kier molecular flexibility index (Phi) is 4.28. The summed E-state index contributed by atoms with van der Waals surface area (Å²) in [6.07, 6.45) is 7.10. The van der Waals surface area contributed by atoms with Crippen molar-refractivity contribution in [3.63, 3.8) is 0 Å². The van der Waals surface area contributed by atoms with E-state index < -0.39 is 0 Å². The van der Waals surface area contributed by atoms with E-state index in [1.54, 1.807) is 12.5 Å². The quantitative estimate of drug-likeness (QED) is 0.862. The van der Waals surface area contributed by atoms with Gasteiger partial charge in [0.2, 0.25) is 0 Å². The molecule has 0 fully saturated rings. The zero-order valence-corrected chi connectivity index (χ0v) is 11.0. The highest BCUT2D eigenvalue weighted by Gasteiger charge is 2.08. The molecule has 2 heterocycles. The Morgan fingerprint density at radius 2 is 2.24 bits per heavy atom. The lowest BCUT2D eigenvalue weighted by Gasteiger charge is -2.09. The average molecular weight is 296 g/mol. The molecule has 0 saturated heterocycles. The highest BCUT2D eigenvalue weighted by molar-refractivity contribution is 9.10. The van der Waals surface area contributed by atoms with E-state index in [4.69, 9.17) is 5.11 Å². The zero-order valence-electron chi connectivity index (χ0n) is 9.38. The molecular formula is C12H14BrN3O. The number of hydrogen-bond acceptors (Lipinski definition) is 3. The zero-order chi connectivity index (χ0) is 12.1. The van der Waals surface area contributed by atoms with Crippen molar-refractivity contribution in [1.29, 1.82) is 0 Å². The van der Waals surface area contributed by atoms with E-state index in [2.05, 4.69) is 30.5 Å². The number of rotatable bonds is 5. The third kappa shape index (κ3) is 2.92. The number of aromatic nitrogens is 3. The van der Waals surface area contributed by atoms with Gasteiger partial charge >= 0.3 is 0 Å². The molecule has 0 amide bonds. The van der Waals surface area contributed by atoms with Crippen LogP contribution in [-0.4, -0.2) is 26.2 Å². The van der Waals surface area contributed by atoms with Gasteiger partial charge in [0.15, 0.2) is 0 Å². The Labute approximate surface area is 108 Å². The van der Waals surface area contributed by atoms with Gasteiger partial charge < -0.3 is 9.67 Å². The van der Waals surface area contributed by atoms with Crippen molar-refractivity contribution < 1.29 is 5.11 Å². The van der Waals surface area contributed by atoms with Crippen molar-refractivity contribution in [3.8, 4) is 11.4 Å². The average Bonchev–Trinajstić information content (AvgIpc) is 2.78. The summed E-state index contributed by atoms with van der Waals surface area (Å²) in [5.41, 5.74) is 1.96. The minimum atomic E-state index is 0.244. The molecule has 4 nitrogen and oxygen atoms in total. The molecule has 0 unspecified atom stereocenters. The molecule has 0 atom stereocenters. The Morgan fingerprint density at radius 3 is 3.00 bits per heavy atom. The number of aliphatic hydroxyl groups is 1. The maximum absolute atomic E-state index is 8.79. The molecule has 0 spiro atoms. The van der Waals surface area contributed by atoms with Crippen LogP contribution < -0.4 is 0 Å². The minimum Gasteiger partial charge on any atom is -0.396 e. The third-order valence-electron chi connectivity index (χ3n) is 2.55. The van der Waals surface area contributed by atoms with E-state index in [-0.39, 0.29) is 6.61 Å². The molecule has 0 aliphatic rings. The minimum absolute atomic E-state index is 0.244. The molecule has 2 rings (SSSR count). The number of nitrogens with zero attached hydrogens (tertiary/aromatic N) is 3. The van der Waals surface area contributed by atoms with Crippen LogP contribution in [0, 0.1) is 0 Å². The lowest BCUT2D eigenvalue weighted by molar-refractivity contribution is 0.281. The highest BCUT2D eigenvalue weighted by atomic mass is 79.9. The van der Waals surface area contributed by atoms with Gasteiger partial charge in [-0.2, -0.15) is 0 Å². The van der Waals surface area contributed by atoms with Crippen molar-refractivity contribution >= 4 is 15.9 Å². The van der Waals surface area contributed by atoms with Crippen LogP contribution in [0.5, 0.6) is 0 Å². The van der Waals surface area contributed by atoms with E-state index in [0.29, 0.717) is 0 Å². The number of hydrogen-bond donors (Lipinski definition) is 1. The van der Waals surface area contributed by atoms with Gasteiger partial charge in [-0.15, -0.1) is 0 Å². The Balaban J connectivity index is 2.22. The second-order valence-electron chi connectivity index (χ2n) is 3.74. The highest BCUT2D eigenvalue weighted by Crippen LogP contribution is 2.25. The topological polar surface area (TPSA) is 50.9 Å². The Bertz CT molecular complexity index is 484. The molecule has 90 valence electrons. The van der Waals surface area contributed by atoms with Crippen LogP contribution in [0.3, 0.4) is 0 Å². The third-order valence-corrected chi connectivity index (χ3v) is 3.13. The summed E-state index contributed by atoms with van der Waals surface area (Å²) in [4.78, 5) is 8.24. The van der Waals surface area contributed by atoms with Gasteiger partial charge in [0.25, 0.3) is 0 Å². The fraction of sp³-hybridized carbons (Fsp3) is 0.333. The Morgan fingerprint density at radius 1 is 1.35 bits per heavy atom. The second kappa shape index (κ2) is 5.93. The summed E-state index contributed by atoms with van der Waals surface area (Å²) < 4.78 is 3.03. The molecule has 2 aromatic heterocycles. The molecule has 0 saturated carbocycles. The van der Waals surface area contributed by atoms with Crippen molar-refractivity contribution in [2.75, 3.05) is 6.61 Å². The summed E-state index contributed by atoms with van der Waals surface area (Å²) in [5, 5.41) is 8.79. The Hall–Kier alpha value is -1.20. The lowest BCUT2D eigenvalue weighted by Crippen LogP contribution is -2.01. The van der Waals surface area contributed by atoms with Gasteiger partial charge in [0, 0.05) is 25.5 Å². The van der Waals surface area contributed by atoms with E-state index in [1.165, 1.54) is 0 Å². The van der Waals surface area contributed by atoms with Crippen LogP contribution in [0.15, 0.2) is 35.3 Å². The molecule has 5 heteroatoms. The van der Waals surface area contributed by atoms with Crippen LogP contribution in [0.1, 0.15) is 12.8 Å². The maximum atomic E-state index is 8.79.